The Hall–Kier alpha value is -1.54. The van der Waals surface area contributed by atoms with Crippen LogP contribution in [0.5, 0.6) is 0 Å². The first kappa shape index (κ1) is 21.3. The first-order valence-corrected chi connectivity index (χ1v) is 12.8. The Morgan fingerprint density at radius 1 is 1.10 bits per heavy atom. The van der Waals surface area contributed by atoms with Crippen molar-refractivity contribution < 1.29 is 19.1 Å². The lowest BCUT2D eigenvalue weighted by molar-refractivity contribution is -0.144. The molecule has 0 aromatic carbocycles. The number of rotatable bonds is 4. The van der Waals surface area contributed by atoms with Gasteiger partial charge >= 0.3 is 12.0 Å². The molecule has 3 amide bonds. The van der Waals surface area contributed by atoms with Gasteiger partial charge in [0, 0.05) is 4.88 Å². The van der Waals surface area contributed by atoms with Crippen molar-refractivity contribution in [2.75, 3.05) is 10.9 Å². The van der Waals surface area contributed by atoms with Crippen LogP contribution in [0.15, 0.2) is 0 Å². The second-order valence-corrected chi connectivity index (χ2v) is 11.4. The standard InChI is InChI=1S/C23H30N2O4S2/c1-2-29-20(26)18-16-5-3-4-6-17(16)31-19(18)25(30)22(28)24-21(27)23-10-13-7-14(11-23)9-15(8-13)12-23/h13-15,30H,2-12H2,1H3,(H,24,27,28). The zero-order chi connectivity index (χ0) is 21.8. The summed E-state index contributed by atoms with van der Waals surface area (Å²) in [6.45, 7) is 2.04. The molecule has 0 spiro atoms. The van der Waals surface area contributed by atoms with E-state index in [2.05, 4.69) is 18.1 Å². The van der Waals surface area contributed by atoms with E-state index in [0.717, 1.165) is 59.7 Å². The fourth-order valence-electron chi connectivity index (χ4n) is 6.88. The molecule has 0 saturated heterocycles. The van der Waals surface area contributed by atoms with Crippen molar-refractivity contribution in [3.63, 3.8) is 0 Å². The summed E-state index contributed by atoms with van der Waals surface area (Å²) in [5.74, 6) is 1.29. The van der Waals surface area contributed by atoms with E-state index in [0.29, 0.717) is 28.3 Å². The van der Waals surface area contributed by atoms with Crippen LogP contribution in [0.2, 0.25) is 0 Å². The summed E-state index contributed by atoms with van der Waals surface area (Å²) in [7, 11) is 0. The molecule has 168 valence electrons. The Labute approximate surface area is 192 Å². The Kier molecular flexibility index (Phi) is 5.57. The van der Waals surface area contributed by atoms with E-state index in [1.807, 2.05) is 0 Å². The molecule has 0 radical (unpaired) electrons. The van der Waals surface area contributed by atoms with Crippen molar-refractivity contribution in [3.05, 3.63) is 16.0 Å². The van der Waals surface area contributed by atoms with Crippen LogP contribution in [0, 0.1) is 23.2 Å². The molecule has 0 atom stereocenters. The van der Waals surface area contributed by atoms with Crippen molar-refractivity contribution in [2.24, 2.45) is 23.2 Å². The highest BCUT2D eigenvalue weighted by Crippen LogP contribution is 2.60. The second kappa shape index (κ2) is 8.10. The minimum atomic E-state index is -0.576. The zero-order valence-corrected chi connectivity index (χ0v) is 19.7. The molecule has 1 heterocycles. The van der Waals surface area contributed by atoms with Crippen molar-refractivity contribution in [3.8, 4) is 0 Å². The number of nitrogens with one attached hydrogen (secondary N) is 1. The van der Waals surface area contributed by atoms with Crippen LogP contribution in [-0.4, -0.2) is 24.5 Å². The van der Waals surface area contributed by atoms with E-state index in [-0.39, 0.29) is 12.5 Å². The van der Waals surface area contributed by atoms with Crippen LogP contribution in [0.4, 0.5) is 9.80 Å². The third-order valence-corrected chi connectivity index (χ3v) is 9.55. The lowest BCUT2D eigenvalue weighted by Crippen LogP contribution is -2.55. The summed E-state index contributed by atoms with van der Waals surface area (Å²) in [5.41, 5.74) is 1.01. The molecule has 1 N–H and O–H groups in total. The molecular weight excluding hydrogens is 432 g/mol. The lowest BCUT2D eigenvalue weighted by Gasteiger charge is -2.55. The highest BCUT2D eigenvalue weighted by Gasteiger charge is 2.55. The molecule has 5 aliphatic carbocycles. The molecule has 6 nitrogen and oxygen atoms in total. The Bertz CT molecular complexity index is 890. The van der Waals surface area contributed by atoms with E-state index in [1.165, 1.54) is 30.6 Å². The lowest BCUT2D eigenvalue weighted by atomic mass is 9.49. The van der Waals surface area contributed by atoms with E-state index < -0.39 is 17.4 Å². The molecule has 4 fully saturated rings. The molecular formula is C23H30N2O4S2. The third kappa shape index (κ3) is 3.69. The van der Waals surface area contributed by atoms with E-state index in [9.17, 15) is 14.4 Å². The number of nitrogens with zero attached hydrogens (tertiary/aromatic N) is 1. The quantitative estimate of drug-likeness (QED) is 0.493. The average Bonchev–Trinajstić information content (AvgIpc) is 3.12. The maximum Gasteiger partial charge on any atom is 0.341 e. The van der Waals surface area contributed by atoms with E-state index >= 15 is 0 Å². The minimum Gasteiger partial charge on any atom is -0.462 e. The van der Waals surface area contributed by atoms with Crippen LogP contribution in [0.1, 0.15) is 79.1 Å². The molecule has 31 heavy (non-hydrogen) atoms. The third-order valence-electron chi connectivity index (χ3n) is 7.76. The second-order valence-electron chi connectivity index (χ2n) is 9.88. The highest BCUT2D eigenvalue weighted by molar-refractivity contribution is 7.83. The van der Waals surface area contributed by atoms with Gasteiger partial charge in [0.2, 0.25) is 5.91 Å². The molecule has 5 aliphatic rings. The number of fused-ring (bicyclic) bond motifs is 1. The zero-order valence-electron chi connectivity index (χ0n) is 17.9. The fourth-order valence-corrected chi connectivity index (χ4v) is 8.44. The Morgan fingerprint density at radius 3 is 2.32 bits per heavy atom. The number of ether oxygens (including phenoxy) is 1. The van der Waals surface area contributed by atoms with Gasteiger partial charge in [-0.25, -0.2) is 13.9 Å². The topological polar surface area (TPSA) is 75.7 Å². The number of thiophene rings is 1. The largest absolute Gasteiger partial charge is 0.462 e. The first-order chi connectivity index (χ1) is 14.9. The number of urea groups is 1. The number of carbonyl (C=O) groups is 3. The molecule has 0 unspecified atom stereocenters. The van der Waals surface area contributed by atoms with Gasteiger partial charge in [0.25, 0.3) is 0 Å². The molecule has 8 heteroatoms. The number of anilines is 1. The highest BCUT2D eigenvalue weighted by atomic mass is 32.1. The predicted octanol–water partition coefficient (Wildman–Crippen LogP) is 4.91. The van der Waals surface area contributed by atoms with E-state index in [1.54, 1.807) is 6.92 Å². The van der Waals surface area contributed by atoms with Crippen molar-refractivity contribution in [1.82, 2.24) is 5.32 Å². The SMILES string of the molecule is CCOC(=O)c1c(N(S)C(=O)NC(=O)C23CC4CC(CC(C4)C2)C3)sc2c1CCCC2. The maximum absolute atomic E-state index is 13.3. The number of aryl methyl sites for hydroxylation is 1. The summed E-state index contributed by atoms with van der Waals surface area (Å²) >= 11 is 5.85. The molecule has 1 aromatic rings. The number of carbonyl (C=O) groups excluding carboxylic acids is 3. The van der Waals surface area contributed by atoms with Gasteiger partial charge in [0.15, 0.2) is 0 Å². The molecule has 1 aromatic heterocycles. The number of hydrogen-bond acceptors (Lipinski definition) is 6. The van der Waals surface area contributed by atoms with Crippen LogP contribution >= 0.6 is 24.2 Å². The summed E-state index contributed by atoms with van der Waals surface area (Å²) in [6, 6.07) is -0.576. The van der Waals surface area contributed by atoms with Crippen LogP contribution in [0.25, 0.3) is 0 Å². The number of imide groups is 1. The fraction of sp³-hybridized carbons (Fsp3) is 0.696. The number of esters is 1. The Morgan fingerprint density at radius 2 is 1.71 bits per heavy atom. The number of thiol groups is 1. The summed E-state index contributed by atoms with van der Waals surface area (Å²) in [6.07, 6.45) is 10.2. The monoisotopic (exact) mass is 462 g/mol. The van der Waals surface area contributed by atoms with Crippen LogP contribution in [-0.2, 0) is 22.4 Å². The molecule has 4 saturated carbocycles. The predicted molar refractivity (Wildman–Crippen MR) is 123 cm³/mol. The first-order valence-electron chi connectivity index (χ1n) is 11.6. The van der Waals surface area contributed by atoms with Gasteiger partial charge in [0.05, 0.1) is 17.6 Å². The number of hydrogen-bond donors (Lipinski definition) is 2. The van der Waals surface area contributed by atoms with Gasteiger partial charge in [0.1, 0.15) is 5.00 Å². The van der Waals surface area contributed by atoms with Crippen molar-refractivity contribution >= 4 is 47.1 Å². The summed E-state index contributed by atoms with van der Waals surface area (Å²) in [4.78, 5) is 40.2. The van der Waals surface area contributed by atoms with Gasteiger partial charge < -0.3 is 4.74 Å². The summed E-state index contributed by atoms with van der Waals surface area (Å²) < 4.78 is 6.42. The average molecular weight is 463 g/mol. The van der Waals surface area contributed by atoms with Gasteiger partial charge in [-0.1, -0.05) is 12.8 Å². The number of amides is 3. The van der Waals surface area contributed by atoms with E-state index in [4.69, 9.17) is 4.74 Å². The van der Waals surface area contributed by atoms with Gasteiger partial charge in [-0.05, 0) is 94.4 Å². The maximum atomic E-state index is 13.3. The Balaban J connectivity index is 1.36. The smallest absolute Gasteiger partial charge is 0.341 e. The van der Waals surface area contributed by atoms with Crippen molar-refractivity contribution in [1.29, 1.82) is 0 Å². The molecule has 6 rings (SSSR count). The van der Waals surface area contributed by atoms with Crippen LogP contribution in [0.3, 0.4) is 0 Å². The summed E-state index contributed by atoms with van der Waals surface area (Å²) in [5, 5.41) is 3.10. The van der Waals surface area contributed by atoms with Gasteiger partial charge in [-0.3, -0.25) is 10.1 Å². The normalized spacial score (nSPS) is 30.6. The van der Waals surface area contributed by atoms with Gasteiger partial charge in [-0.2, -0.15) is 0 Å². The molecule has 0 aliphatic heterocycles. The molecule has 4 bridgehead atoms. The minimum absolute atomic E-state index is 0.158. The van der Waals surface area contributed by atoms with Gasteiger partial charge in [-0.15, -0.1) is 11.3 Å². The van der Waals surface area contributed by atoms with Crippen LogP contribution < -0.4 is 9.62 Å². The van der Waals surface area contributed by atoms with Crippen molar-refractivity contribution in [2.45, 2.75) is 71.1 Å².